The van der Waals surface area contributed by atoms with Gasteiger partial charge >= 0.3 is 11.8 Å². The van der Waals surface area contributed by atoms with Gasteiger partial charge in [0.2, 0.25) is 5.91 Å². The van der Waals surface area contributed by atoms with E-state index in [0.717, 1.165) is 16.3 Å². The highest BCUT2D eigenvalue weighted by atomic mass is 32.1. The molecule has 0 radical (unpaired) electrons. The molecule has 0 aliphatic rings. The zero-order valence-electron chi connectivity index (χ0n) is 16.1. The van der Waals surface area contributed by atoms with E-state index in [4.69, 9.17) is 0 Å². The smallest absolute Gasteiger partial charge is 0.313 e. The van der Waals surface area contributed by atoms with Crippen LogP contribution in [0.1, 0.15) is 12.6 Å². The molecule has 7 nitrogen and oxygen atoms in total. The fourth-order valence-electron chi connectivity index (χ4n) is 2.60. The van der Waals surface area contributed by atoms with Crippen molar-refractivity contribution in [2.45, 2.75) is 13.3 Å². The Bertz CT molecular complexity index is 1070. The van der Waals surface area contributed by atoms with Crippen LogP contribution in [0.15, 0.2) is 53.9 Å². The Balaban J connectivity index is 1.48. The fourth-order valence-corrected chi connectivity index (χ4v) is 3.46. The largest absolute Gasteiger partial charge is 0.347 e. The lowest BCUT2D eigenvalue weighted by atomic mass is 10.2. The molecule has 2 aromatic carbocycles. The molecule has 1 heterocycles. The van der Waals surface area contributed by atoms with Gasteiger partial charge in [-0.3, -0.25) is 14.4 Å². The van der Waals surface area contributed by atoms with Gasteiger partial charge in [-0.2, -0.15) is 0 Å². The van der Waals surface area contributed by atoms with E-state index in [0.29, 0.717) is 17.8 Å². The molecular weight excluding hydrogens is 407 g/mol. The lowest BCUT2D eigenvalue weighted by molar-refractivity contribution is -0.136. The molecule has 9 heteroatoms. The number of anilines is 2. The van der Waals surface area contributed by atoms with Crippen LogP contribution in [0.3, 0.4) is 0 Å². The average molecular weight is 426 g/mol. The number of carbonyl (C=O) groups is 3. The van der Waals surface area contributed by atoms with Crippen LogP contribution in [-0.2, 0) is 20.8 Å². The summed E-state index contributed by atoms with van der Waals surface area (Å²) in [6.07, 6.45) is 0.453. The highest BCUT2D eigenvalue weighted by Gasteiger charge is 2.14. The Morgan fingerprint density at radius 2 is 1.70 bits per heavy atom. The Morgan fingerprint density at radius 1 is 1.00 bits per heavy atom. The molecule has 3 amide bonds. The number of aromatic nitrogens is 1. The second kappa shape index (κ2) is 9.75. The Kier molecular flexibility index (Phi) is 6.87. The van der Waals surface area contributed by atoms with Crippen molar-refractivity contribution in [2.24, 2.45) is 0 Å². The molecule has 3 rings (SSSR count). The first-order valence-corrected chi connectivity index (χ1v) is 9.96. The van der Waals surface area contributed by atoms with Crippen LogP contribution in [0.5, 0.6) is 0 Å². The average Bonchev–Trinajstić information content (AvgIpc) is 3.17. The lowest BCUT2D eigenvalue weighted by Gasteiger charge is -2.08. The fraction of sp³-hybridized carbons (Fsp3) is 0.143. The van der Waals surface area contributed by atoms with Crippen molar-refractivity contribution in [1.82, 2.24) is 10.3 Å². The molecular formula is C21H19FN4O3S. The van der Waals surface area contributed by atoms with Crippen molar-refractivity contribution in [2.75, 3.05) is 17.2 Å². The maximum atomic E-state index is 13.0. The van der Waals surface area contributed by atoms with E-state index < -0.39 is 11.8 Å². The highest BCUT2D eigenvalue weighted by molar-refractivity contribution is 7.13. The third-order valence-electron chi connectivity index (χ3n) is 3.96. The summed E-state index contributed by atoms with van der Waals surface area (Å²) in [5.41, 5.74) is 2.49. The summed E-state index contributed by atoms with van der Waals surface area (Å²) in [6.45, 7) is 1.62. The SMILES string of the molecule is CC(=O)Nc1cccc(NC(=O)C(=O)NCCc2csc(-c3ccc(F)cc3)n2)c1. The van der Waals surface area contributed by atoms with Gasteiger partial charge < -0.3 is 16.0 Å². The summed E-state index contributed by atoms with van der Waals surface area (Å²) in [7, 11) is 0. The van der Waals surface area contributed by atoms with Gasteiger partial charge in [-0.05, 0) is 42.5 Å². The number of thiazole rings is 1. The third kappa shape index (κ3) is 5.95. The van der Waals surface area contributed by atoms with Gasteiger partial charge in [-0.25, -0.2) is 9.37 Å². The highest BCUT2D eigenvalue weighted by Crippen LogP contribution is 2.24. The van der Waals surface area contributed by atoms with Crippen LogP contribution in [0.25, 0.3) is 10.6 Å². The number of rotatable bonds is 6. The van der Waals surface area contributed by atoms with Gasteiger partial charge in [0.1, 0.15) is 10.8 Å². The second-order valence-corrected chi connectivity index (χ2v) is 7.23. The molecule has 0 bridgehead atoms. The van der Waals surface area contributed by atoms with E-state index in [9.17, 15) is 18.8 Å². The molecule has 0 aliphatic carbocycles. The van der Waals surface area contributed by atoms with Crippen LogP contribution in [-0.4, -0.2) is 29.3 Å². The first kappa shape index (κ1) is 21.1. The van der Waals surface area contributed by atoms with Crippen molar-refractivity contribution < 1.29 is 18.8 Å². The molecule has 154 valence electrons. The van der Waals surface area contributed by atoms with Gasteiger partial charge in [0, 0.05) is 42.2 Å². The quantitative estimate of drug-likeness (QED) is 0.527. The number of halogens is 1. The summed E-state index contributed by atoms with van der Waals surface area (Å²) in [4.78, 5) is 39.6. The molecule has 3 aromatic rings. The molecule has 0 saturated carbocycles. The van der Waals surface area contributed by atoms with E-state index in [1.165, 1.54) is 30.4 Å². The van der Waals surface area contributed by atoms with Crippen molar-refractivity contribution >= 4 is 40.4 Å². The molecule has 0 atom stereocenters. The van der Waals surface area contributed by atoms with E-state index >= 15 is 0 Å². The van der Waals surface area contributed by atoms with Crippen molar-refractivity contribution in [1.29, 1.82) is 0 Å². The van der Waals surface area contributed by atoms with Gasteiger partial charge in [0.25, 0.3) is 0 Å². The summed E-state index contributed by atoms with van der Waals surface area (Å²) in [5, 5.41) is 10.3. The van der Waals surface area contributed by atoms with Crippen molar-refractivity contribution in [3.05, 3.63) is 65.4 Å². The monoisotopic (exact) mass is 426 g/mol. The number of hydrogen-bond acceptors (Lipinski definition) is 5. The standard InChI is InChI=1S/C21H19FN4O3S/c1-13(27)24-16-3-2-4-17(11-16)25-20(29)19(28)23-10-9-18-12-30-21(26-18)14-5-7-15(22)8-6-14/h2-8,11-12H,9-10H2,1H3,(H,23,28)(H,24,27)(H,25,29). The van der Waals surface area contributed by atoms with Crippen LogP contribution < -0.4 is 16.0 Å². The molecule has 0 saturated heterocycles. The second-order valence-electron chi connectivity index (χ2n) is 6.37. The van der Waals surface area contributed by atoms with Crippen LogP contribution in [0.2, 0.25) is 0 Å². The normalized spacial score (nSPS) is 10.3. The zero-order valence-corrected chi connectivity index (χ0v) is 16.9. The molecule has 0 aliphatic heterocycles. The molecule has 30 heavy (non-hydrogen) atoms. The number of hydrogen-bond donors (Lipinski definition) is 3. The molecule has 3 N–H and O–H groups in total. The van der Waals surface area contributed by atoms with Gasteiger partial charge in [-0.1, -0.05) is 6.07 Å². The van der Waals surface area contributed by atoms with E-state index in [-0.39, 0.29) is 18.3 Å². The maximum Gasteiger partial charge on any atom is 0.313 e. The number of benzene rings is 2. The molecule has 0 fully saturated rings. The topological polar surface area (TPSA) is 100 Å². The van der Waals surface area contributed by atoms with Crippen LogP contribution in [0, 0.1) is 5.82 Å². The van der Waals surface area contributed by atoms with E-state index in [1.54, 1.807) is 36.4 Å². The summed E-state index contributed by atoms with van der Waals surface area (Å²) >= 11 is 1.43. The predicted molar refractivity (Wildman–Crippen MR) is 114 cm³/mol. The summed E-state index contributed by atoms with van der Waals surface area (Å²) in [6, 6.07) is 12.6. The van der Waals surface area contributed by atoms with Gasteiger partial charge in [0.15, 0.2) is 0 Å². The van der Waals surface area contributed by atoms with E-state index in [1.807, 2.05) is 5.38 Å². The number of carbonyl (C=O) groups excluding carboxylic acids is 3. The number of nitrogens with one attached hydrogen (secondary N) is 3. The summed E-state index contributed by atoms with van der Waals surface area (Å²) in [5.74, 6) is -2.12. The Morgan fingerprint density at radius 3 is 2.40 bits per heavy atom. The molecule has 1 aromatic heterocycles. The first-order valence-electron chi connectivity index (χ1n) is 9.08. The minimum absolute atomic E-state index is 0.235. The minimum atomic E-state index is -0.805. The molecule has 0 unspecified atom stereocenters. The van der Waals surface area contributed by atoms with Crippen molar-refractivity contribution in [3.63, 3.8) is 0 Å². The minimum Gasteiger partial charge on any atom is -0.347 e. The summed E-state index contributed by atoms with van der Waals surface area (Å²) < 4.78 is 13.0. The van der Waals surface area contributed by atoms with E-state index in [2.05, 4.69) is 20.9 Å². The third-order valence-corrected chi connectivity index (χ3v) is 4.90. The lowest BCUT2D eigenvalue weighted by Crippen LogP contribution is -2.36. The first-order chi connectivity index (χ1) is 14.4. The maximum absolute atomic E-state index is 13.0. The van der Waals surface area contributed by atoms with Crippen LogP contribution in [0.4, 0.5) is 15.8 Å². The van der Waals surface area contributed by atoms with Gasteiger partial charge in [-0.15, -0.1) is 11.3 Å². The predicted octanol–water partition coefficient (Wildman–Crippen LogP) is 3.21. The Hall–Kier alpha value is -3.59. The van der Waals surface area contributed by atoms with Crippen LogP contribution >= 0.6 is 11.3 Å². The molecule has 0 spiro atoms. The zero-order chi connectivity index (χ0) is 21.5. The van der Waals surface area contributed by atoms with Crippen molar-refractivity contribution in [3.8, 4) is 10.6 Å². The van der Waals surface area contributed by atoms with Gasteiger partial charge in [0.05, 0.1) is 5.69 Å². The Labute approximate surface area is 176 Å². The number of amides is 3. The number of nitrogens with zero attached hydrogens (tertiary/aromatic N) is 1.